The highest BCUT2D eigenvalue weighted by atomic mass is 16.2. The molecule has 0 radical (unpaired) electrons. The summed E-state index contributed by atoms with van der Waals surface area (Å²) in [4.78, 5) is 12.7. The monoisotopic (exact) mass is 323 g/mol. The van der Waals surface area contributed by atoms with Gasteiger partial charge in [-0.25, -0.2) is 0 Å². The van der Waals surface area contributed by atoms with Crippen LogP contribution in [0.4, 0.5) is 0 Å². The second-order valence-corrected chi connectivity index (χ2v) is 5.90. The van der Waals surface area contributed by atoms with Gasteiger partial charge in [-0.2, -0.15) is 0 Å². The molecule has 0 aliphatic carbocycles. The van der Waals surface area contributed by atoms with Gasteiger partial charge in [-0.3, -0.25) is 4.79 Å². The molecular weight excluding hydrogens is 306 g/mol. The molecule has 4 rings (SSSR count). The number of benzene rings is 3. The number of rotatable bonds is 3. The SMILES string of the molecule is O=C1N/C(=C\c2ccccc2)C(c2ccccc2)=C1c1ccccc1. The number of amides is 1. The summed E-state index contributed by atoms with van der Waals surface area (Å²) in [5, 5.41) is 3.05. The maximum atomic E-state index is 12.7. The first-order chi connectivity index (χ1) is 12.3. The van der Waals surface area contributed by atoms with Gasteiger partial charge in [0, 0.05) is 5.57 Å². The van der Waals surface area contributed by atoms with E-state index in [1.807, 2.05) is 97.1 Å². The Bertz CT molecular complexity index is 955. The minimum atomic E-state index is -0.0627. The fourth-order valence-corrected chi connectivity index (χ4v) is 3.10. The van der Waals surface area contributed by atoms with Gasteiger partial charge in [0.25, 0.3) is 5.91 Å². The molecule has 3 aromatic carbocycles. The number of hydrogen-bond donors (Lipinski definition) is 1. The lowest BCUT2D eigenvalue weighted by Gasteiger charge is -2.08. The normalized spacial score (nSPS) is 15.5. The third-order valence-corrected chi connectivity index (χ3v) is 4.23. The maximum Gasteiger partial charge on any atom is 0.256 e. The zero-order chi connectivity index (χ0) is 17.1. The van der Waals surface area contributed by atoms with Crippen molar-refractivity contribution in [2.75, 3.05) is 0 Å². The Morgan fingerprint density at radius 1 is 0.600 bits per heavy atom. The summed E-state index contributed by atoms with van der Waals surface area (Å²) in [6.45, 7) is 0. The average molecular weight is 323 g/mol. The van der Waals surface area contributed by atoms with Gasteiger partial charge in [-0.05, 0) is 22.8 Å². The topological polar surface area (TPSA) is 29.1 Å². The molecule has 0 spiro atoms. The van der Waals surface area contributed by atoms with Gasteiger partial charge in [0.15, 0.2) is 0 Å². The van der Waals surface area contributed by atoms with Crippen molar-refractivity contribution < 1.29 is 4.79 Å². The second-order valence-electron chi connectivity index (χ2n) is 5.90. The highest BCUT2D eigenvalue weighted by Crippen LogP contribution is 2.36. The molecule has 1 aliphatic rings. The molecule has 0 unspecified atom stereocenters. The highest BCUT2D eigenvalue weighted by molar-refractivity contribution is 6.34. The van der Waals surface area contributed by atoms with E-state index in [-0.39, 0.29) is 5.91 Å². The number of carbonyl (C=O) groups is 1. The van der Waals surface area contributed by atoms with Crippen LogP contribution in [0.2, 0.25) is 0 Å². The summed E-state index contributed by atoms with van der Waals surface area (Å²) in [6.07, 6.45) is 2.02. The predicted molar refractivity (Wildman–Crippen MR) is 102 cm³/mol. The lowest BCUT2D eigenvalue weighted by molar-refractivity contribution is -0.114. The molecule has 1 N–H and O–H groups in total. The number of nitrogens with one attached hydrogen (secondary N) is 1. The molecule has 1 aliphatic heterocycles. The van der Waals surface area contributed by atoms with E-state index in [1.165, 1.54) is 0 Å². The average Bonchev–Trinajstić information content (AvgIpc) is 2.99. The quantitative estimate of drug-likeness (QED) is 0.739. The second kappa shape index (κ2) is 6.62. The van der Waals surface area contributed by atoms with E-state index in [0.717, 1.165) is 28.0 Å². The number of carbonyl (C=O) groups excluding carboxylic acids is 1. The van der Waals surface area contributed by atoms with Crippen LogP contribution in [0.25, 0.3) is 17.2 Å². The van der Waals surface area contributed by atoms with Crippen LogP contribution < -0.4 is 5.32 Å². The lowest BCUT2D eigenvalue weighted by atomic mass is 9.94. The molecule has 25 heavy (non-hydrogen) atoms. The van der Waals surface area contributed by atoms with E-state index in [0.29, 0.717) is 5.57 Å². The van der Waals surface area contributed by atoms with Crippen LogP contribution in [0.1, 0.15) is 16.7 Å². The van der Waals surface area contributed by atoms with Gasteiger partial charge < -0.3 is 5.32 Å². The summed E-state index contributed by atoms with van der Waals surface area (Å²) < 4.78 is 0. The van der Waals surface area contributed by atoms with Crippen molar-refractivity contribution in [2.24, 2.45) is 0 Å². The van der Waals surface area contributed by atoms with Crippen LogP contribution >= 0.6 is 0 Å². The zero-order valence-electron chi connectivity index (χ0n) is 13.6. The number of hydrogen-bond acceptors (Lipinski definition) is 1. The molecule has 1 heterocycles. The smallest absolute Gasteiger partial charge is 0.256 e. The fraction of sp³-hybridized carbons (Fsp3) is 0. The van der Waals surface area contributed by atoms with E-state index < -0.39 is 0 Å². The Balaban J connectivity index is 1.93. The van der Waals surface area contributed by atoms with Gasteiger partial charge >= 0.3 is 0 Å². The first-order valence-corrected chi connectivity index (χ1v) is 8.26. The minimum absolute atomic E-state index is 0.0627. The molecule has 2 nitrogen and oxygen atoms in total. The summed E-state index contributed by atoms with van der Waals surface area (Å²) in [5.74, 6) is -0.0627. The molecule has 0 bridgehead atoms. The lowest BCUT2D eigenvalue weighted by Crippen LogP contribution is -2.15. The standard InChI is InChI=1S/C23H17NO/c25-23-22(19-14-8-3-9-15-19)21(18-12-6-2-7-13-18)20(24-23)16-17-10-4-1-5-11-17/h1-16H,(H,24,25)/b20-16-. The van der Waals surface area contributed by atoms with E-state index >= 15 is 0 Å². The molecule has 1 amide bonds. The third-order valence-electron chi connectivity index (χ3n) is 4.23. The van der Waals surface area contributed by atoms with Crippen LogP contribution in [-0.4, -0.2) is 5.91 Å². The Labute approximate surface area is 147 Å². The van der Waals surface area contributed by atoms with Crippen LogP contribution in [0, 0.1) is 0 Å². The van der Waals surface area contributed by atoms with Gasteiger partial charge in [0.1, 0.15) is 0 Å². The maximum absolute atomic E-state index is 12.7. The molecular formula is C23H17NO. The Morgan fingerprint density at radius 2 is 1.08 bits per heavy atom. The zero-order valence-corrected chi connectivity index (χ0v) is 13.6. The van der Waals surface area contributed by atoms with Crippen molar-refractivity contribution in [3.05, 3.63) is 113 Å². The van der Waals surface area contributed by atoms with Crippen molar-refractivity contribution >= 4 is 23.1 Å². The van der Waals surface area contributed by atoms with Crippen LogP contribution in [0.3, 0.4) is 0 Å². The van der Waals surface area contributed by atoms with E-state index in [1.54, 1.807) is 0 Å². The van der Waals surface area contributed by atoms with Crippen molar-refractivity contribution in [3.8, 4) is 0 Å². The first-order valence-electron chi connectivity index (χ1n) is 8.26. The van der Waals surface area contributed by atoms with Gasteiger partial charge in [-0.1, -0.05) is 91.0 Å². The molecule has 0 fully saturated rings. The van der Waals surface area contributed by atoms with Gasteiger partial charge in [0.2, 0.25) is 0 Å². The van der Waals surface area contributed by atoms with Crippen LogP contribution in [0.5, 0.6) is 0 Å². The third kappa shape index (κ3) is 3.02. The molecule has 0 atom stereocenters. The first kappa shape index (κ1) is 15.2. The molecule has 0 aromatic heterocycles. The Morgan fingerprint density at radius 3 is 1.64 bits per heavy atom. The summed E-state index contributed by atoms with van der Waals surface area (Å²) in [6, 6.07) is 29.9. The summed E-state index contributed by atoms with van der Waals surface area (Å²) >= 11 is 0. The van der Waals surface area contributed by atoms with Crippen molar-refractivity contribution in [3.63, 3.8) is 0 Å². The van der Waals surface area contributed by atoms with E-state index in [4.69, 9.17) is 0 Å². The molecule has 0 saturated carbocycles. The van der Waals surface area contributed by atoms with E-state index in [2.05, 4.69) is 5.32 Å². The predicted octanol–water partition coefficient (Wildman–Crippen LogP) is 4.77. The van der Waals surface area contributed by atoms with Gasteiger partial charge in [-0.15, -0.1) is 0 Å². The Hall–Kier alpha value is -3.39. The minimum Gasteiger partial charge on any atom is -0.321 e. The van der Waals surface area contributed by atoms with E-state index in [9.17, 15) is 4.79 Å². The van der Waals surface area contributed by atoms with Crippen molar-refractivity contribution in [2.45, 2.75) is 0 Å². The van der Waals surface area contributed by atoms with Gasteiger partial charge in [0.05, 0.1) is 11.3 Å². The Kier molecular flexibility index (Phi) is 4.01. The van der Waals surface area contributed by atoms with Crippen molar-refractivity contribution in [1.29, 1.82) is 0 Å². The van der Waals surface area contributed by atoms with Crippen molar-refractivity contribution in [1.82, 2.24) is 5.32 Å². The highest BCUT2D eigenvalue weighted by Gasteiger charge is 2.29. The van der Waals surface area contributed by atoms with Crippen LogP contribution in [-0.2, 0) is 4.79 Å². The summed E-state index contributed by atoms with van der Waals surface area (Å²) in [5.41, 5.74) is 5.51. The molecule has 3 aromatic rings. The molecule has 0 saturated heterocycles. The molecule has 120 valence electrons. The largest absolute Gasteiger partial charge is 0.321 e. The summed E-state index contributed by atoms with van der Waals surface area (Å²) in [7, 11) is 0. The fourth-order valence-electron chi connectivity index (χ4n) is 3.10. The van der Waals surface area contributed by atoms with Crippen LogP contribution in [0.15, 0.2) is 96.7 Å². The molecule has 2 heteroatoms. The number of allylic oxidation sites excluding steroid dienone is 1.